The van der Waals surface area contributed by atoms with Gasteiger partial charge in [-0.05, 0) is 60.6 Å². The highest BCUT2D eigenvalue weighted by molar-refractivity contribution is 6.21. The third-order valence-electron chi connectivity index (χ3n) is 5.10. The first-order valence-electron chi connectivity index (χ1n) is 8.01. The van der Waals surface area contributed by atoms with Crippen molar-refractivity contribution >= 4 is 11.6 Å². The molecule has 1 heteroatoms. The topological polar surface area (TPSA) is 0 Å². The van der Waals surface area contributed by atoms with Crippen molar-refractivity contribution in [3.05, 3.63) is 34.9 Å². The molecule has 2 unspecified atom stereocenters. The third-order valence-corrected chi connectivity index (χ3v) is 5.51. The van der Waals surface area contributed by atoms with Gasteiger partial charge in [0.1, 0.15) is 0 Å². The van der Waals surface area contributed by atoms with Gasteiger partial charge >= 0.3 is 0 Å². The molecule has 2 aliphatic carbocycles. The van der Waals surface area contributed by atoms with Crippen molar-refractivity contribution in [1.82, 2.24) is 0 Å². The maximum absolute atomic E-state index is 6.66. The van der Waals surface area contributed by atoms with Crippen molar-refractivity contribution in [2.45, 2.75) is 69.6 Å². The Morgan fingerprint density at radius 1 is 1.05 bits per heavy atom. The van der Waals surface area contributed by atoms with Crippen molar-refractivity contribution in [1.29, 1.82) is 0 Å². The summed E-state index contributed by atoms with van der Waals surface area (Å²) in [6.07, 6.45) is 10.6. The van der Waals surface area contributed by atoms with Crippen LogP contribution in [0.1, 0.15) is 79.9 Å². The van der Waals surface area contributed by atoms with Crippen LogP contribution in [0.25, 0.3) is 0 Å². The van der Waals surface area contributed by atoms with Gasteiger partial charge in [0.25, 0.3) is 0 Å². The fraction of sp³-hybridized carbons (Fsp3) is 0.667. The fourth-order valence-corrected chi connectivity index (χ4v) is 4.33. The summed E-state index contributed by atoms with van der Waals surface area (Å²) in [5.41, 5.74) is 4.50. The summed E-state index contributed by atoms with van der Waals surface area (Å²) in [7, 11) is 0. The van der Waals surface area contributed by atoms with Crippen LogP contribution in [0.2, 0.25) is 0 Å². The van der Waals surface area contributed by atoms with E-state index in [1.807, 2.05) is 0 Å². The fourth-order valence-electron chi connectivity index (χ4n) is 3.82. The smallest absolute Gasteiger partial charge is 0.0590 e. The van der Waals surface area contributed by atoms with Gasteiger partial charge in [0.2, 0.25) is 0 Å². The SMILES string of the molecule is CC1CCc2ccc(C3CCCCC3)cc2C(Cl)C1. The van der Waals surface area contributed by atoms with Crippen LogP contribution in [-0.4, -0.2) is 0 Å². The average molecular weight is 277 g/mol. The normalized spacial score (nSPS) is 28.7. The molecule has 0 bridgehead atoms. The van der Waals surface area contributed by atoms with E-state index in [9.17, 15) is 0 Å². The van der Waals surface area contributed by atoms with E-state index in [0.29, 0.717) is 0 Å². The number of hydrogen-bond donors (Lipinski definition) is 0. The minimum absolute atomic E-state index is 0.232. The van der Waals surface area contributed by atoms with Crippen LogP contribution in [0.5, 0.6) is 0 Å². The lowest BCUT2D eigenvalue weighted by atomic mass is 9.82. The maximum Gasteiger partial charge on any atom is 0.0590 e. The maximum atomic E-state index is 6.66. The minimum atomic E-state index is 0.232. The molecule has 19 heavy (non-hydrogen) atoms. The van der Waals surface area contributed by atoms with Crippen molar-refractivity contribution in [2.24, 2.45) is 5.92 Å². The third kappa shape index (κ3) is 2.99. The van der Waals surface area contributed by atoms with Gasteiger partial charge in [0.05, 0.1) is 5.38 Å². The summed E-state index contributed by atoms with van der Waals surface area (Å²) in [4.78, 5) is 0. The summed E-state index contributed by atoms with van der Waals surface area (Å²) in [6, 6.07) is 7.20. The van der Waals surface area contributed by atoms with Crippen molar-refractivity contribution in [2.75, 3.05) is 0 Å². The molecule has 2 atom stereocenters. The Morgan fingerprint density at radius 2 is 1.84 bits per heavy atom. The monoisotopic (exact) mass is 276 g/mol. The number of benzene rings is 1. The molecule has 0 amide bonds. The predicted molar refractivity (Wildman–Crippen MR) is 83.0 cm³/mol. The predicted octanol–water partition coefficient (Wildman–Crippen LogP) is 5.99. The lowest BCUT2D eigenvalue weighted by molar-refractivity contribution is 0.443. The highest BCUT2D eigenvalue weighted by Gasteiger charge is 2.23. The Hall–Kier alpha value is -0.490. The van der Waals surface area contributed by atoms with Crippen LogP contribution in [0.4, 0.5) is 0 Å². The first-order chi connectivity index (χ1) is 9.24. The van der Waals surface area contributed by atoms with Crippen LogP contribution in [0.3, 0.4) is 0 Å². The molecule has 2 aliphatic rings. The van der Waals surface area contributed by atoms with Gasteiger partial charge in [0, 0.05) is 0 Å². The second-order valence-electron chi connectivity index (χ2n) is 6.64. The first-order valence-corrected chi connectivity index (χ1v) is 8.44. The van der Waals surface area contributed by atoms with Crippen LogP contribution in [0, 0.1) is 5.92 Å². The molecule has 0 nitrogen and oxygen atoms in total. The molecule has 3 rings (SSSR count). The molecule has 0 aliphatic heterocycles. The summed E-state index contributed by atoms with van der Waals surface area (Å²) >= 11 is 6.66. The summed E-state index contributed by atoms with van der Waals surface area (Å²) in [5.74, 6) is 1.55. The zero-order valence-corrected chi connectivity index (χ0v) is 12.8. The molecule has 1 aromatic rings. The number of halogens is 1. The van der Waals surface area contributed by atoms with E-state index in [4.69, 9.17) is 11.6 Å². The zero-order valence-electron chi connectivity index (χ0n) is 12.0. The van der Waals surface area contributed by atoms with Gasteiger partial charge < -0.3 is 0 Å². The second-order valence-corrected chi connectivity index (χ2v) is 7.17. The molecule has 0 aromatic heterocycles. The Morgan fingerprint density at radius 3 is 2.63 bits per heavy atom. The Balaban J connectivity index is 1.87. The lowest BCUT2D eigenvalue weighted by Crippen LogP contribution is -2.06. The number of rotatable bonds is 1. The number of aryl methyl sites for hydroxylation is 1. The van der Waals surface area contributed by atoms with E-state index in [1.54, 1.807) is 5.56 Å². The highest BCUT2D eigenvalue weighted by atomic mass is 35.5. The molecule has 1 fully saturated rings. The molecule has 0 N–H and O–H groups in total. The molecule has 1 saturated carbocycles. The summed E-state index contributed by atoms with van der Waals surface area (Å²) in [6.45, 7) is 2.34. The summed E-state index contributed by atoms with van der Waals surface area (Å²) < 4.78 is 0. The summed E-state index contributed by atoms with van der Waals surface area (Å²) in [5, 5.41) is 0.232. The Bertz CT molecular complexity index is 431. The first kappa shape index (κ1) is 13.5. The van der Waals surface area contributed by atoms with Crippen LogP contribution in [-0.2, 0) is 6.42 Å². The van der Waals surface area contributed by atoms with Gasteiger partial charge in [-0.2, -0.15) is 0 Å². The lowest BCUT2D eigenvalue weighted by Gasteiger charge is -2.23. The van der Waals surface area contributed by atoms with Gasteiger partial charge in [0.15, 0.2) is 0 Å². The van der Waals surface area contributed by atoms with Gasteiger partial charge in [-0.25, -0.2) is 0 Å². The van der Waals surface area contributed by atoms with E-state index in [1.165, 1.54) is 56.1 Å². The molecule has 1 aromatic carbocycles. The molecule has 0 heterocycles. The molecule has 104 valence electrons. The van der Waals surface area contributed by atoms with Crippen molar-refractivity contribution < 1.29 is 0 Å². The van der Waals surface area contributed by atoms with E-state index in [0.717, 1.165) is 18.3 Å². The van der Waals surface area contributed by atoms with Crippen LogP contribution < -0.4 is 0 Å². The molecular formula is C18H25Cl. The molecule has 0 saturated heterocycles. The molecular weight excluding hydrogens is 252 g/mol. The quantitative estimate of drug-likeness (QED) is 0.437. The number of hydrogen-bond acceptors (Lipinski definition) is 0. The van der Waals surface area contributed by atoms with Gasteiger partial charge in [-0.1, -0.05) is 44.4 Å². The molecule has 0 spiro atoms. The van der Waals surface area contributed by atoms with Gasteiger partial charge in [-0.3, -0.25) is 0 Å². The average Bonchev–Trinajstić information content (AvgIpc) is 2.59. The Labute approximate surface area is 122 Å². The molecule has 0 radical (unpaired) electrons. The zero-order chi connectivity index (χ0) is 13.2. The van der Waals surface area contributed by atoms with Crippen molar-refractivity contribution in [3.63, 3.8) is 0 Å². The largest absolute Gasteiger partial charge is 0.118 e. The van der Waals surface area contributed by atoms with E-state index >= 15 is 0 Å². The number of alkyl halides is 1. The van der Waals surface area contributed by atoms with E-state index in [2.05, 4.69) is 25.1 Å². The number of fused-ring (bicyclic) bond motifs is 1. The Kier molecular flexibility index (Phi) is 4.17. The highest BCUT2D eigenvalue weighted by Crippen LogP contribution is 2.39. The van der Waals surface area contributed by atoms with Crippen molar-refractivity contribution in [3.8, 4) is 0 Å². The van der Waals surface area contributed by atoms with Crippen LogP contribution in [0.15, 0.2) is 18.2 Å². The second kappa shape index (κ2) is 5.87. The standard InChI is InChI=1S/C18H25Cl/c1-13-7-8-15-9-10-16(12-17(15)18(19)11-13)14-5-3-2-4-6-14/h9-10,12-14,18H,2-8,11H2,1H3. The van der Waals surface area contributed by atoms with E-state index in [-0.39, 0.29) is 5.38 Å². The van der Waals surface area contributed by atoms with E-state index < -0.39 is 0 Å². The van der Waals surface area contributed by atoms with Gasteiger partial charge in [-0.15, -0.1) is 11.6 Å². The van der Waals surface area contributed by atoms with Crippen LogP contribution >= 0.6 is 11.6 Å². The minimum Gasteiger partial charge on any atom is -0.118 e.